The molecule has 1 aliphatic carbocycles. The monoisotopic (exact) mass is 366 g/mol. The minimum atomic E-state index is -4.53. The third kappa shape index (κ3) is 3.23. The second-order valence-electron chi connectivity index (χ2n) is 6.45. The molecule has 0 unspecified atom stereocenters. The predicted molar refractivity (Wildman–Crippen MR) is 86.7 cm³/mol. The van der Waals surface area contributed by atoms with E-state index in [9.17, 15) is 27.6 Å². The lowest BCUT2D eigenvalue weighted by Gasteiger charge is -2.22. The van der Waals surface area contributed by atoms with Gasteiger partial charge in [0.2, 0.25) is 17.7 Å². The first kappa shape index (κ1) is 18.2. The molecule has 1 saturated heterocycles. The highest BCUT2D eigenvalue weighted by atomic mass is 19.4. The largest absolute Gasteiger partial charge is 0.416 e. The number of benzene rings is 1. The average Bonchev–Trinajstić information content (AvgIpc) is 2.85. The van der Waals surface area contributed by atoms with Crippen LogP contribution in [0.2, 0.25) is 0 Å². The second-order valence-corrected chi connectivity index (χ2v) is 6.45. The number of allylic oxidation sites excluding steroid dienone is 2. The van der Waals surface area contributed by atoms with E-state index in [1.807, 2.05) is 12.2 Å². The van der Waals surface area contributed by atoms with Gasteiger partial charge in [-0.1, -0.05) is 18.2 Å². The van der Waals surface area contributed by atoms with E-state index in [1.54, 1.807) is 0 Å². The smallest absolute Gasteiger partial charge is 0.324 e. The van der Waals surface area contributed by atoms with E-state index >= 15 is 0 Å². The van der Waals surface area contributed by atoms with Crippen molar-refractivity contribution in [3.8, 4) is 0 Å². The van der Waals surface area contributed by atoms with E-state index in [0.717, 1.165) is 17.0 Å². The van der Waals surface area contributed by atoms with E-state index in [2.05, 4.69) is 5.32 Å². The predicted octanol–water partition coefficient (Wildman–Crippen LogP) is 2.98. The Balaban J connectivity index is 1.74. The number of carbonyl (C=O) groups is 3. The van der Waals surface area contributed by atoms with Crippen molar-refractivity contribution in [1.82, 2.24) is 4.90 Å². The highest BCUT2D eigenvalue weighted by molar-refractivity contribution is 6.10. The summed E-state index contributed by atoms with van der Waals surface area (Å²) in [6.07, 6.45) is 0.0454. The van der Waals surface area contributed by atoms with Gasteiger partial charge in [0.1, 0.15) is 6.04 Å². The Labute approximate surface area is 147 Å². The summed E-state index contributed by atoms with van der Waals surface area (Å²) < 4.78 is 38.3. The fourth-order valence-electron chi connectivity index (χ4n) is 3.34. The number of nitrogens with zero attached hydrogens (tertiary/aromatic N) is 1. The van der Waals surface area contributed by atoms with E-state index in [-0.39, 0.29) is 5.69 Å². The van der Waals surface area contributed by atoms with Gasteiger partial charge in [-0.3, -0.25) is 19.3 Å². The molecule has 5 nitrogen and oxygen atoms in total. The molecule has 0 spiro atoms. The zero-order valence-corrected chi connectivity index (χ0v) is 13.9. The maximum absolute atomic E-state index is 12.8. The van der Waals surface area contributed by atoms with Crippen molar-refractivity contribution in [2.75, 3.05) is 5.32 Å². The lowest BCUT2D eigenvalue weighted by Crippen LogP contribution is -2.46. The summed E-state index contributed by atoms with van der Waals surface area (Å²) in [5, 5.41) is 2.35. The Morgan fingerprint density at radius 3 is 2.27 bits per heavy atom. The topological polar surface area (TPSA) is 66.5 Å². The van der Waals surface area contributed by atoms with Gasteiger partial charge in [0.05, 0.1) is 17.4 Å². The van der Waals surface area contributed by atoms with Crippen LogP contribution in [0.1, 0.15) is 25.3 Å². The van der Waals surface area contributed by atoms with E-state index in [0.29, 0.717) is 12.8 Å². The molecule has 138 valence electrons. The molecule has 0 bridgehead atoms. The molecule has 1 aromatic carbocycles. The lowest BCUT2D eigenvalue weighted by molar-refractivity contribution is -0.146. The molecule has 26 heavy (non-hydrogen) atoms. The van der Waals surface area contributed by atoms with Crippen molar-refractivity contribution >= 4 is 23.4 Å². The van der Waals surface area contributed by atoms with Crippen molar-refractivity contribution in [3.05, 3.63) is 42.0 Å². The van der Waals surface area contributed by atoms with Crippen LogP contribution in [-0.4, -0.2) is 28.7 Å². The van der Waals surface area contributed by atoms with Gasteiger partial charge in [0, 0.05) is 5.69 Å². The number of anilines is 1. The lowest BCUT2D eigenvalue weighted by atomic mass is 9.85. The summed E-state index contributed by atoms with van der Waals surface area (Å²) in [6, 6.07) is 3.09. The first-order valence-electron chi connectivity index (χ1n) is 8.20. The number of amides is 3. The van der Waals surface area contributed by atoms with Gasteiger partial charge in [0.25, 0.3) is 0 Å². The number of likely N-dealkylation sites (tertiary alicyclic amines) is 1. The fourth-order valence-corrected chi connectivity index (χ4v) is 3.34. The number of imide groups is 1. The average molecular weight is 366 g/mol. The summed E-state index contributed by atoms with van der Waals surface area (Å²) >= 11 is 0. The van der Waals surface area contributed by atoms with Gasteiger partial charge < -0.3 is 5.32 Å². The molecule has 1 fully saturated rings. The highest BCUT2D eigenvalue weighted by Crippen LogP contribution is 2.36. The number of carbonyl (C=O) groups excluding carboxylic acids is 3. The number of halogens is 3. The molecule has 1 heterocycles. The third-order valence-corrected chi connectivity index (χ3v) is 4.77. The summed E-state index contributed by atoms with van der Waals surface area (Å²) in [4.78, 5) is 38.3. The van der Waals surface area contributed by atoms with Crippen LogP contribution < -0.4 is 5.32 Å². The first-order chi connectivity index (χ1) is 12.2. The van der Waals surface area contributed by atoms with Crippen molar-refractivity contribution in [2.24, 2.45) is 11.8 Å². The Morgan fingerprint density at radius 2 is 1.73 bits per heavy atom. The van der Waals surface area contributed by atoms with Crippen LogP contribution >= 0.6 is 0 Å². The summed E-state index contributed by atoms with van der Waals surface area (Å²) in [5.41, 5.74) is -0.941. The van der Waals surface area contributed by atoms with Crippen LogP contribution in [0.3, 0.4) is 0 Å². The normalized spacial score (nSPS) is 23.8. The molecular weight excluding hydrogens is 349 g/mol. The van der Waals surface area contributed by atoms with Crippen LogP contribution in [-0.2, 0) is 20.6 Å². The van der Waals surface area contributed by atoms with Crippen LogP contribution in [0.15, 0.2) is 36.4 Å². The van der Waals surface area contributed by atoms with E-state index in [1.165, 1.54) is 19.1 Å². The van der Waals surface area contributed by atoms with Crippen LogP contribution in [0.5, 0.6) is 0 Å². The first-order valence-corrected chi connectivity index (χ1v) is 8.20. The zero-order chi connectivity index (χ0) is 19.1. The number of fused-ring (bicyclic) bond motifs is 1. The zero-order valence-electron chi connectivity index (χ0n) is 13.9. The molecule has 1 aliphatic heterocycles. The third-order valence-electron chi connectivity index (χ3n) is 4.77. The molecular formula is C18H17F3N2O3. The Kier molecular flexibility index (Phi) is 4.60. The molecule has 3 rings (SSSR count). The molecule has 2 aliphatic rings. The number of hydrogen-bond acceptors (Lipinski definition) is 3. The maximum atomic E-state index is 12.8. The van der Waals surface area contributed by atoms with Gasteiger partial charge >= 0.3 is 6.18 Å². The molecule has 8 heteroatoms. The van der Waals surface area contributed by atoms with Crippen molar-refractivity contribution in [1.29, 1.82) is 0 Å². The van der Waals surface area contributed by atoms with Gasteiger partial charge in [-0.15, -0.1) is 0 Å². The van der Waals surface area contributed by atoms with Gasteiger partial charge in [-0.25, -0.2) is 0 Å². The number of rotatable bonds is 3. The van der Waals surface area contributed by atoms with E-state index < -0.39 is 47.3 Å². The second kappa shape index (κ2) is 6.59. The van der Waals surface area contributed by atoms with Gasteiger partial charge in [0.15, 0.2) is 0 Å². The highest BCUT2D eigenvalue weighted by Gasteiger charge is 2.50. The summed E-state index contributed by atoms with van der Waals surface area (Å²) in [5.74, 6) is -2.45. The molecule has 0 saturated carbocycles. The molecule has 3 atom stereocenters. The van der Waals surface area contributed by atoms with Crippen molar-refractivity contribution < 1.29 is 27.6 Å². The Morgan fingerprint density at radius 1 is 1.15 bits per heavy atom. The Hall–Kier alpha value is -2.64. The minimum Gasteiger partial charge on any atom is -0.324 e. The standard InChI is InChI=1S/C18H17F3N2O3/c1-10(23-16(25)13-7-2-3-8-14(13)17(23)26)15(24)22-12-6-4-5-11(9-12)18(19,20)21/h2-6,9-10,13-14H,7-8H2,1H3,(H,22,24)/t10-,13-,14+/m0/s1. The van der Waals surface area contributed by atoms with E-state index in [4.69, 9.17) is 0 Å². The van der Waals surface area contributed by atoms with Gasteiger partial charge in [-0.2, -0.15) is 13.2 Å². The summed E-state index contributed by atoms with van der Waals surface area (Å²) in [6.45, 7) is 1.39. The summed E-state index contributed by atoms with van der Waals surface area (Å²) in [7, 11) is 0. The maximum Gasteiger partial charge on any atom is 0.416 e. The molecule has 3 amide bonds. The van der Waals surface area contributed by atoms with Crippen molar-refractivity contribution in [3.63, 3.8) is 0 Å². The number of nitrogens with one attached hydrogen (secondary N) is 1. The number of alkyl halides is 3. The molecule has 0 aromatic heterocycles. The number of hydrogen-bond donors (Lipinski definition) is 1. The molecule has 1 aromatic rings. The SMILES string of the molecule is C[C@@H](C(=O)Nc1cccc(C(F)(F)F)c1)N1C(=O)[C@H]2CC=CC[C@H]2C1=O. The molecule has 1 N–H and O–H groups in total. The minimum absolute atomic E-state index is 0.0464. The van der Waals surface area contributed by atoms with Crippen LogP contribution in [0, 0.1) is 11.8 Å². The van der Waals surface area contributed by atoms with Gasteiger partial charge in [-0.05, 0) is 38.0 Å². The van der Waals surface area contributed by atoms with Crippen molar-refractivity contribution in [2.45, 2.75) is 32.0 Å². The van der Waals surface area contributed by atoms with Crippen LogP contribution in [0.4, 0.5) is 18.9 Å². The fraction of sp³-hybridized carbons (Fsp3) is 0.389. The Bertz CT molecular complexity index is 762. The molecule has 0 radical (unpaired) electrons. The van der Waals surface area contributed by atoms with Crippen LogP contribution in [0.25, 0.3) is 0 Å². The quantitative estimate of drug-likeness (QED) is 0.661.